The Kier molecular flexibility index (Phi) is 5.77. The Labute approximate surface area is 181 Å². The van der Waals surface area contributed by atoms with Crippen LogP contribution < -0.4 is 10.6 Å². The van der Waals surface area contributed by atoms with Gasteiger partial charge in [0.05, 0.1) is 0 Å². The van der Waals surface area contributed by atoms with Gasteiger partial charge in [-0.2, -0.15) is 9.61 Å². The number of carbonyl (C=O) groups is 1. The summed E-state index contributed by atoms with van der Waals surface area (Å²) in [6, 6.07) is 13.2. The summed E-state index contributed by atoms with van der Waals surface area (Å²) in [5.74, 6) is 0.0482. The summed E-state index contributed by atoms with van der Waals surface area (Å²) in [6.07, 6.45) is 0.770. The second-order valence-electron chi connectivity index (χ2n) is 6.41. The second-order valence-corrected chi connectivity index (χ2v) is 7.78. The molecule has 2 aromatic carbocycles. The zero-order valence-corrected chi connectivity index (χ0v) is 17.6. The van der Waals surface area contributed by atoms with E-state index in [0.717, 1.165) is 33.3 Å². The van der Waals surface area contributed by atoms with Crippen molar-refractivity contribution in [3.63, 3.8) is 0 Å². The van der Waals surface area contributed by atoms with Crippen LogP contribution in [0.3, 0.4) is 0 Å². The first kappa shape index (κ1) is 20.0. The highest BCUT2D eigenvalue weighted by molar-refractivity contribution is 7.80. The lowest BCUT2D eigenvalue weighted by molar-refractivity contribution is 0.0976. The van der Waals surface area contributed by atoms with E-state index in [2.05, 4.69) is 25.9 Å². The molecule has 0 bridgehead atoms. The molecule has 30 heavy (non-hydrogen) atoms. The molecule has 0 atom stereocenters. The van der Waals surface area contributed by atoms with Crippen LogP contribution in [0.5, 0.6) is 0 Å². The Balaban J connectivity index is 1.35. The molecule has 152 valence electrons. The van der Waals surface area contributed by atoms with Crippen molar-refractivity contribution >= 4 is 39.5 Å². The lowest BCUT2D eigenvalue weighted by Gasteiger charge is -2.10. The highest BCUT2D eigenvalue weighted by Gasteiger charge is 2.12. The Morgan fingerprint density at radius 3 is 2.57 bits per heavy atom. The molecule has 1 amide bonds. The van der Waals surface area contributed by atoms with Gasteiger partial charge in [-0.05, 0) is 42.0 Å². The lowest BCUT2D eigenvalue weighted by Crippen LogP contribution is -2.38. The van der Waals surface area contributed by atoms with Crippen LogP contribution in [0.25, 0.3) is 15.5 Å². The van der Waals surface area contributed by atoms with Crippen LogP contribution in [0.15, 0.2) is 48.5 Å². The number of rotatable bonds is 5. The molecule has 0 fully saturated rings. The van der Waals surface area contributed by atoms with E-state index in [4.69, 9.17) is 12.2 Å². The zero-order chi connectivity index (χ0) is 21.1. The molecule has 4 rings (SSSR count). The number of amides is 1. The number of aromatic nitrogens is 4. The van der Waals surface area contributed by atoms with Gasteiger partial charge in [-0.15, -0.1) is 10.2 Å². The molecule has 2 aromatic heterocycles. The maximum atomic E-state index is 12.9. The number of hydrogen-bond donors (Lipinski definition) is 2. The van der Waals surface area contributed by atoms with Crippen LogP contribution in [0.2, 0.25) is 0 Å². The smallest absolute Gasteiger partial charge is 0.257 e. The fraction of sp³-hybridized carbons (Fsp3) is 0.150. The van der Waals surface area contributed by atoms with Crippen LogP contribution >= 0.6 is 23.6 Å². The zero-order valence-electron chi connectivity index (χ0n) is 15.9. The molecule has 0 aliphatic rings. The molecule has 0 saturated carbocycles. The molecule has 4 aromatic rings. The van der Waals surface area contributed by atoms with Gasteiger partial charge in [0.2, 0.25) is 4.96 Å². The first-order chi connectivity index (χ1) is 14.5. The molecule has 0 spiro atoms. The molecule has 0 saturated heterocycles. The third kappa shape index (κ3) is 4.34. The van der Waals surface area contributed by atoms with E-state index in [9.17, 15) is 9.18 Å². The van der Waals surface area contributed by atoms with Crippen molar-refractivity contribution in [3.8, 4) is 10.6 Å². The molecular weight excluding hydrogens is 423 g/mol. The number of fused-ring (bicyclic) bond motifs is 1. The predicted molar refractivity (Wildman–Crippen MR) is 117 cm³/mol. The third-order valence-corrected chi connectivity index (χ3v) is 5.55. The number of carbonyl (C=O) groups excluding carboxylic acids is 1. The normalized spacial score (nSPS) is 10.9. The predicted octanol–water partition coefficient (Wildman–Crippen LogP) is 3.36. The summed E-state index contributed by atoms with van der Waals surface area (Å²) in [7, 11) is 0. The van der Waals surface area contributed by atoms with Crippen molar-refractivity contribution < 1.29 is 9.18 Å². The summed E-state index contributed by atoms with van der Waals surface area (Å²) in [6.45, 7) is 2.47. The molecule has 2 N–H and O–H groups in total. The number of benzene rings is 2. The average molecular weight is 441 g/mol. The van der Waals surface area contributed by atoms with Crippen molar-refractivity contribution in [1.82, 2.24) is 30.4 Å². The van der Waals surface area contributed by atoms with Gasteiger partial charge in [0.1, 0.15) is 10.8 Å². The fourth-order valence-corrected chi connectivity index (χ4v) is 3.79. The van der Waals surface area contributed by atoms with E-state index in [1.807, 2.05) is 31.2 Å². The third-order valence-electron chi connectivity index (χ3n) is 4.36. The minimum absolute atomic E-state index is 0.203. The van der Waals surface area contributed by atoms with Crippen LogP contribution in [0, 0.1) is 5.82 Å². The quantitative estimate of drug-likeness (QED) is 0.463. The molecule has 0 aliphatic heterocycles. The maximum absolute atomic E-state index is 12.9. The summed E-state index contributed by atoms with van der Waals surface area (Å²) in [4.78, 5) is 12.9. The van der Waals surface area contributed by atoms with E-state index in [-0.39, 0.29) is 5.11 Å². The van der Waals surface area contributed by atoms with Crippen molar-refractivity contribution in [1.29, 1.82) is 0 Å². The van der Waals surface area contributed by atoms with Crippen molar-refractivity contribution in [3.05, 3.63) is 71.3 Å². The van der Waals surface area contributed by atoms with Crippen LogP contribution in [0.4, 0.5) is 4.39 Å². The summed E-state index contributed by atoms with van der Waals surface area (Å²) >= 11 is 6.65. The molecule has 0 aliphatic carbocycles. The Hall–Kier alpha value is -3.24. The number of nitrogens with zero attached hydrogens (tertiary/aromatic N) is 4. The Bertz CT molecular complexity index is 1200. The van der Waals surface area contributed by atoms with E-state index in [1.54, 1.807) is 4.52 Å². The summed E-state index contributed by atoms with van der Waals surface area (Å²) in [5, 5.41) is 19.5. The number of aryl methyl sites for hydroxylation is 1. The molecular formula is C20H17FN6OS2. The number of nitrogens with one attached hydrogen (secondary N) is 2. The number of thiocarbonyl (C=S) groups is 1. The number of halogens is 1. The molecule has 7 nitrogen and oxygen atoms in total. The number of hydrogen-bond acceptors (Lipinski definition) is 6. The van der Waals surface area contributed by atoms with Gasteiger partial charge in [0.15, 0.2) is 10.9 Å². The van der Waals surface area contributed by atoms with Gasteiger partial charge in [-0.3, -0.25) is 10.1 Å². The van der Waals surface area contributed by atoms with Crippen molar-refractivity contribution in [2.24, 2.45) is 0 Å². The highest BCUT2D eigenvalue weighted by atomic mass is 32.1. The first-order valence-electron chi connectivity index (χ1n) is 9.18. The summed E-state index contributed by atoms with van der Waals surface area (Å²) < 4.78 is 14.7. The van der Waals surface area contributed by atoms with Crippen molar-refractivity contribution in [2.45, 2.75) is 19.9 Å². The maximum Gasteiger partial charge on any atom is 0.257 e. The van der Waals surface area contributed by atoms with Gasteiger partial charge in [-0.1, -0.05) is 42.5 Å². The molecule has 2 heterocycles. The fourth-order valence-electron chi connectivity index (χ4n) is 2.76. The van der Waals surface area contributed by atoms with E-state index in [1.165, 1.54) is 35.6 Å². The van der Waals surface area contributed by atoms with Gasteiger partial charge < -0.3 is 5.32 Å². The monoisotopic (exact) mass is 440 g/mol. The van der Waals surface area contributed by atoms with E-state index < -0.39 is 11.7 Å². The van der Waals surface area contributed by atoms with E-state index >= 15 is 0 Å². The topological polar surface area (TPSA) is 84.2 Å². The Morgan fingerprint density at radius 1 is 1.13 bits per heavy atom. The standard InChI is InChI=1S/C20H17FN6OS2/c1-2-16-24-25-20-27(16)26-18(30-20)14-5-3-12(4-6-14)11-22-19(29)23-17(28)13-7-9-15(21)10-8-13/h3-10H,2,11H2,1H3,(H2,22,23,28,29). The van der Waals surface area contributed by atoms with Gasteiger partial charge >= 0.3 is 0 Å². The van der Waals surface area contributed by atoms with Gasteiger partial charge in [-0.25, -0.2) is 4.39 Å². The first-order valence-corrected chi connectivity index (χ1v) is 10.4. The van der Waals surface area contributed by atoms with Crippen LogP contribution in [-0.4, -0.2) is 30.8 Å². The van der Waals surface area contributed by atoms with Crippen LogP contribution in [0.1, 0.15) is 28.7 Å². The van der Waals surface area contributed by atoms with Crippen LogP contribution in [-0.2, 0) is 13.0 Å². The highest BCUT2D eigenvalue weighted by Crippen LogP contribution is 2.25. The SMILES string of the molecule is CCc1nnc2sc(-c3ccc(CNC(=S)NC(=O)c4ccc(F)cc4)cc3)nn12. The Morgan fingerprint density at radius 2 is 1.87 bits per heavy atom. The molecule has 10 heteroatoms. The van der Waals surface area contributed by atoms with E-state index in [0.29, 0.717) is 12.1 Å². The minimum Gasteiger partial charge on any atom is -0.358 e. The average Bonchev–Trinajstić information content (AvgIpc) is 3.34. The largest absolute Gasteiger partial charge is 0.358 e. The van der Waals surface area contributed by atoms with Crippen molar-refractivity contribution in [2.75, 3.05) is 0 Å². The minimum atomic E-state index is -0.398. The molecule has 0 radical (unpaired) electrons. The second kappa shape index (κ2) is 8.64. The lowest BCUT2D eigenvalue weighted by atomic mass is 10.1. The summed E-state index contributed by atoms with van der Waals surface area (Å²) in [5.41, 5.74) is 2.32. The van der Waals surface area contributed by atoms with Gasteiger partial charge in [0.25, 0.3) is 5.91 Å². The molecule has 0 unspecified atom stereocenters. The van der Waals surface area contributed by atoms with Gasteiger partial charge in [0, 0.05) is 24.1 Å².